The van der Waals surface area contributed by atoms with Crippen molar-refractivity contribution < 1.29 is 31.1 Å². The minimum Gasteiger partial charge on any atom is -0.494 e. The molecule has 0 unspecified atom stereocenters. The molecule has 0 amide bonds. The summed E-state index contributed by atoms with van der Waals surface area (Å²) in [6.07, 6.45) is 5.40. The number of aromatic nitrogens is 3. The third kappa shape index (κ3) is 7.25. The van der Waals surface area contributed by atoms with Gasteiger partial charge in [0.1, 0.15) is 39.6 Å². The molecule has 0 bridgehead atoms. The molecule has 0 aliphatic heterocycles. The van der Waals surface area contributed by atoms with Crippen LogP contribution in [0.1, 0.15) is 77.8 Å². The molecule has 1 aliphatic rings. The fourth-order valence-corrected chi connectivity index (χ4v) is 7.25. The lowest BCUT2D eigenvalue weighted by atomic mass is 9.81. The van der Waals surface area contributed by atoms with E-state index in [0.717, 1.165) is 56.0 Å². The molecule has 0 saturated heterocycles. The molecule has 1 saturated carbocycles. The highest BCUT2D eigenvalue weighted by Gasteiger charge is 2.30. The van der Waals surface area contributed by atoms with Crippen LogP contribution >= 0.6 is 0 Å². The molecule has 2 aromatic heterocycles. The van der Waals surface area contributed by atoms with Crippen LogP contribution in [0.25, 0.3) is 22.2 Å². The quantitative estimate of drug-likeness (QED) is 0.146. The van der Waals surface area contributed by atoms with Gasteiger partial charge in [-0.3, -0.25) is 9.40 Å². The number of halogens is 3. The Morgan fingerprint density at radius 1 is 1.06 bits per heavy atom. The zero-order valence-corrected chi connectivity index (χ0v) is 28.8. The summed E-state index contributed by atoms with van der Waals surface area (Å²) >= 11 is 0. The summed E-state index contributed by atoms with van der Waals surface area (Å²) in [5, 5.41) is 8.72. The van der Waals surface area contributed by atoms with Gasteiger partial charge in [-0.2, -0.15) is 5.10 Å². The number of hydrogen-bond donors (Lipinski definition) is 3. The van der Waals surface area contributed by atoms with Crippen LogP contribution in [0.3, 0.4) is 0 Å². The standard InChI is InChI=1S/C34H43F3N6O4S/c1-7-47-22-12-13-25(35)29(14-22)48(44,45)42-28-16-26(36)23(15-27(28)37)31-30-32(43(41-31)19(2)3)24(17-39-33(30)38)20-8-10-21(11-9-20)40-18-34(4,5)46-6/h12-17,19-21,40,42H,7-11,18H2,1-6H3,(H2,38,39). The van der Waals surface area contributed by atoms with Crippen LogP contribution in [0.5, 0.6) is 5.75 Å². The maximum Gasteiger partial charge on any atom is 0.265 e. The number of methoxy groups -OCH3 is 1. The predicted molar refractivity (Wildman–Crippen MR) is 180 cm³/mol. The van der Waals surface area contributed by atoms with Crippen LogP contribution in [0.2, 0.25) is 0 Å². The lowest BCUT2D eigenvalue weighted by molar-refractivity contribution is 0.0199. The van der Waals surface area contributed by atoms with Crippen molar-refractivity contribution in [2.24, 2.45) is 0 Å². The molecule has 1 aliphatic carbocycles. The van der Waals surface area contributed by atoms with Gasteiger partial charge in [0.15, 0.2) is 0 Å². The molecule has 4 N–H and O–H groups in total. The van der Waals surface area contributed by atoms with E-state index in [9.17, 15) is 12.8 Å². The zero-order valence-electron chi connectivity index (χ0n) is 28.0. The summed E-state index contributed by atoms with van der Waals surface area (Å²) in [5.74, 6) is -2.75. The number of rotatable bonds is 12. The fourth-order valence-electron chi connectivity index (χ4n) is 6.10. The maximum atomic E-state index is 15.9. The number of pyridine rings is 1. The number of hydrogen-bond acceptors (Lipinski definition) is 8. The summed E-state index contributed by atoms with van der Waals surface area (Å²) in [6, 6.07) is 4.93. The molecule has 48 heavy (non-hydrogen) atoms. The Labute approximate surface area is 279 Å². The SMILES string of the molecule is CCOc1ccc(F)c(S(=O)(=O)Nc2cc(F)c(-c3nn(C(C)C)c4c(C5CCC(NCC(C)(C)OC)CC5)cnc(N)c34)cc2F)c1. The topological polar surface area (TPSA) is 133 Å². The van der Waals surface area contributed by atoms with E-state index in [4.69, 9.17) is 20.3 Å². The van der Waals surface area contributed by atoms with Gasteiger partial charge >= 0.3 is 0 Å². The number of nitrogen functional groups attached to an aromatic ring is 1. The third-order valence-electron chi connectivity index (χ3n) is 8.87. The lowest BCUT2D eigenvalue weighted by Gasteiger charge is -2.32. The summed E-state index contributed by atoms with van der Waals surface area (Å²) in [5.41, 5.74) is 6.94. The number of ether oxygens (including phenoxy) is 2. The summed E-state index contributed by atoms with van der Waals surface area (Å²) in [7, 11) is -2.96. The third-order valence-corrected chi connectivity index (χ3v) is 10.2. The molecule has 4 aromatic rings. The van der Waals surface area contributed by atoms with Crippen molar-refractivity contribution in [3.8, 4) is 17.0 Å². The van der Waals surface area contributed by atoms with Gasteiger partial charge in [0.05, 0.1) is 28.8 Å². The Bertz CT molecular complexity index is 1910. The van der Waals surface area contributed by atoms with Crippen LogP contribution in [0, 0.1) is 17.5 Å². The van der Waals surface area contributed by atoms with E-state index >= 15 is 8.78 Å². The van der Waals surface area contributed by atoms with Crippen LogP contribution in [-0.4, -0.2) is 55.1 Å². The van der Waals surface area contributed by atoms with Crippen LogP contribution in [-0.2, 0) is 14.8 Å². The predicted octanol–water partition coefficient (Wildman–Crippen LogP) is 6.92. The molecular weight excluding hydrogens is 645 g/mol. The number of anilines is 2. The molecule has 0 spiro atoms. The number of nitrogens with zero attached hydrogens (tertiary/aromatic N) is 3. The number of benzene rings is 2. The van der Waals surface area contributed by atoms with Crippen LogP contribution in [0.4, 0.5) is 24.7 Å². The van der Waals surface area contributed by atoms with Crippen molar-refractivity contribution in [3.05, 3.63) is 59.5 Å². The monoisotopic (exact) mass is 688 g/mol. The summed E-state index contributed by atoms with van der Waals surface area (Å²) in [4.78, 5) is 3.69. The molecule has 14 heteroatoms. The van der Waals surface area contributed by atoms with Gasteiger partial charge in [-0.1, -0.05) is 0 Å². The van der Waals surface area contributed by atoms with Crippen molar-refractivity contribution in [1.29, 1.82) is 0 Å². The first-order chi connectivity index (χ1) is 22.7. The molecule has 5 rings (SSSR count). The van der Waals surface area contributed by atoms with Gasteiger partial charge in [0, 0.05) is 49.6 Å². The molecule has 260 valence electrons. The first-order valence-corrected chi connectivity index (χ1v) is 17.5. The fraction of sp³-hybridized carbons (Fsp3) is 0.471. The van der Waals surface area contributed by atoms with Crippen LogP contribution in [0.15, 0.2) is 41.4 Å². The number of nitrogens with two attached hydrogens (primary N) is 1. The normalized spacial score (nSPS) is 17.3. The minimum atomic E-state index is -4.66. The molecular formula is C34H43F3N6O4S. The van der Waals surface area contributed by atoms with E-state index in [-0.39, 0.29) is 47.0 Å². The van der Waals surface area contributed by atoms with Crippen molar-refractivity contribution in [2.75, 3.05) is 30.7 Å². The van der Waals surface area contributed by atoms with Gasteiger partial charge in [-0.15, -0.1) is 0 Å². The summed E-state index contributed by atoms with van der Waals surface area (Å²) in [6.45, 7) is 10.6. The van der Waals surface area contributed by atoms with Crippen molar-refractivity contribution in [2.45, 2.75) is 88.8 Å². The van der Waals surface area contributed by atoms with E-state index in [1.165, 1.54) is 6.07 Å². The molecule has 2 heterocycles. The number of fused-ring (bicyclic) bond motifs is 1. The molecule has 2 aromatic carbocycles. The average molecular weight is 689 g/mol. The zero-order chi connectivity index (χ0) is 35.0. The smallest absolute Gasteiger partial charge is 0.265 e. The highest BCUT2D eigenvalue weighted by molar-refractivity contribution is 7.92. The highest BCUT2D eigenvalue weighted by Crippen LogP contribution is 2.42. The van der Waals surface area contributed by atoms with E-state index in [0.29, 0.717) is 23.0 Å². The molecule has 10 nitrogen and oxygen atoms in total. The number of nitrogens with one attached hydrogen (secondary N) is 2. The summed E-state index contributed by atoms with van der Waals surface area (Å²) < 4.78 is 86.6. The van der Waals surface area contributed by atoms with E-state index in [1.54, 1.807) is 24.9 Å². The first kappa shape index (κ1) is 35.4. The Balaban J connectivity index is 1.48. The number of sulfonamides is 1. The lowest BCUT2D eigenvalue weighted by Crippen LogP contribution is -2.43. The van der Waals surface area contributed by atoms with Gasteiger partial charge in [-0.05, 0) is 90.0 Å². The van der Waals surface area contributed by atoms with E-state index in [2.05, 4.69) is 10.3 Å². The van der Waals surface area contributed by atoms with Crippen molar-refractivity contribution >= 4 is 32.4 Å². The Kier molecular flexibility index (Phi) is 10.3. The Morgan fingerprint density at radius 3 is 2.42 bits per heavy atom. The van der Waals surface area contributed by atoms with Gasteiger partial charge in [0.25, 0.3) is 10.0 Å². The van der Waals surface area contributed by atoms with Crippen LogP contribution < -0.4 is 20.5 Å². The minimum absolute atomic E-state index is 0.0870. The van der Waals surface area contributed by atoms with Gasteiger partial charge in [0.2, 0.25) is 0 Å². The average Bonchev–Trinajstić information content (AvgIpc) is 3.45. The molecule has 0 atom stereocenters. The molecule has 0 radical (unpaired) electrons. The van der Waals surface area contributed by atoms with Crippen molar-refractivity contribution in [3.63, 3.8) is 0 Å². The van der Waals surface area contributed by atoms with Gasteiger partial charge < -0.3 is 20.5 Å². The largest absolute Gasteiger partial charge is 0.494 e. The second-order valence-corrected chi connectivity index (χ2v) is 14.7. The Hall–Kier alpha value is -3.88. The first-order valence-electron chi connectivity index (χ1n) is 16.1. The molecule has 1 fully saturated rings. The van der Waals surface area contributed by atoms with Crippen molar-refractivity contribution in [1.82, 2.24) is 20.1 Å². The highest BCUT2D eigenvalue weighted by atomic mass is 32.2. The maximum absolute atomic E-state index is 15.9. The second-order valence-electron chi connectivity index (χ2n) is 13.0. The Morgan fingerprint density at radius 2 is 1.77 bits per heavy atom. The van der Waals surface area contributed by atoms with E-state index in [1.807, 2.05) is 32.4 Å². The van der Waals surface area contributed by atoms with Gasteiger partial charge in [-0.25, -0.2) is 26.6 Å². The second kappa shape index (κ2) is 13.9. The van der Waals surface area contributed by atoms with E-state index < -0.39 is 38.1 Å².